The minimum absolute atomic E-state index is 0.120. The Hall–Kier alpha value is -0.870. The van der Waals surface area contributed by atoms with Crippen molar-refractivity contribution in [1.82, 2.24) is 5.32 Å². The fraction of sp³-hybridized carbons (Fsp3) is 0.538. The van der Waals surface area contributed by atoms with E-state index in [1.165, 1.54) is 5.56 Å². The molecule has 1 N–H and O–H groups in total. The molecule has 1 aromatic rings. The first kappa shape index (κ1) is 14.2. The molecular formula is C13H21NO2S. The molecule has 1 aromatic carbocycles. The van der Waals surface area contributed by atoms with Crippen LogP contribution in [-0.2, 0) is 16.3 Å². The standard InChI is InChI=1S/C13H21NO2S/c1-4-11-6-8-12(9-7-11)13(14-3)10-17(15,16)5-2/h6-9,13-14H,4-5,10H2,1-3H3. The topological polar surface area (TPSA) is 46.2 Å². The molecule has 4 heteroatoms. The van der Waals surface area contributed by atoms with Gasteiger partial charge in [0.25, 0.3) is 0 Å². The van der Waals surface area contributed by atoms with Crippen LogP contribution >= 0.6 is 0 Å². The van der Waals surface area contributed by atoms with Crippen LogP contribution in [0.1, 0.15) is 31.0 Å². The van der Waals surface area contributed by atoms with Crippen LogP contribution in [0.5, 0.6) is 0 Å². The van der Waals surface area contributed by atoms with Crippen molar-refractivity contribution in [2.75, 3.05) is 18.6 Å². The molecule has 1 rings (SSSR count). The first-order chi connectivity index (χ1) is 8.02. The maximum Gasteiger partial charge on any atom is 0.151 e. The van der Waals surface area contributed by atoms with Crippen molar-refractivity contribution in [3.05, 3.63) is 35.4 Å². The van der Waals surface area contributed by atoms with Crippen LogP contribution in [0.25, 0.3) is 0 Å². The Labute approximate surface area is 104 Å². The zero-order valence-corrected chi connectivity index (χ0v) is 11.5. The lowest BCUT2D eigenvalue weighted by Gasteiger charge is -2.16. The smallest absolute Gasteiger partial charge is 0.151 e. The van der Waals surface area contributed by atoms with E-state index >= 15 is 0 Å². The predicted octanol–water partition coefficient (Wildman–Crippen LogP) is 1.94. The maximum absolute atomic E-state index is 11.6. The van der Waals surface area contributed by atoms with Gasteiger partial charge in [-0.2, -0.15) is 0 Å². The number of sulfone groups is 1. The predicted molar refractivity (Wildman–Crippen MR) is 71.9 cm³/mol. The molecular weight excluding hydrogens is 234 g/mol. The zero-order valence-electron chi connectivity index (χ0n) is 10.7. The molecule has 1 unspecified atom stereocenters. The quantitative estimate of drug-likeness (QED) is 0.845. The molecule has 0 radical (unpaired) electrons. The highest BCUT2D eigenvalue weighted by molar-refractivity contribution is 7.91. The van der Waals surface area contributed by atoms with Gasteiger partial charge in [-0.25, -0.2) is 8.42 Å². The molecule has 0 saturated heterocycles. The van der Waals surface area contributed by atoms with Crippen LogP contribution in [0.4, 0.5) is 0 Å². The van der Waals surface area contributed by atoms with Crippen molar-refractivity contribution in [2.45, 2.75) is 26.3 Å². The van der Waals surface area contributed by atoms with Gasteiger partial charge in [0.1, 0.15) is 0 Å². The van der Waals surface area contributed by atoms with Gasteiger partial charge in [-0.1, -0.05) is 38.1 Å². The average molecular weight is 255 g/mol. The molecule has 0 aromatic heterocycles. The van der Waals surface area contributed by atoms with Gasteiger partial charge in [0.15, 0.2) is 9.84 Å². The molecule has 0 fully saturated rings. The van der Waals surface area contributed by atoms with Gasteiger partial charge < -0.3 is 5.32 Å². The van der Waals surface area contributed by atoms with Crippen LogP contribution in [0, 0.1) is 0 Å². The highest BCUT2D eigenvalue weighted by Crippen LogP contribution is 2.16. The molecule has 0 aliphatic rings. The Morgan fingerprint density at radius 1 is 1.18 bits per heavy atom. The van der Waals surface area contributed by atoms with Crippen LogP contribution in [0.15, 0.2) is 24.3 Å². The Morgan fingerprint density at radius 2 is 1.76 bits per heavy atom. The second-order valence-electron chi connectivity index (χ2n) is 4.14. The minimum atomic E-state index is -2.96. The zero-order chi connectivity index (χ0) is 12.9. The number of hydrogen-bond acceptors (Lipinski definition) is 3. The summed E-state index contributed by atoms with van der Waals surface area (Å²) in [5.41, 5.74) is 2.30. The van der Waals surface area contributed by atoms with E-state index in [2.05, 4.69) is 24.4 Å². The summed E-state index contributed by atoms with van der Waals surface area (Å²) in [6, 6.07) is 8.00. The summed E-state index contributed by atoms with van der Waals surface area (Å²) in [5.74, 6) is 0.351. The van der Waals surface area contributed by atoms with Crippen LogP contribution in [0.2, 0.25) is 0 Å². The Morgan fingerprint density at radius 3 is 2.18 bits per heavy atom. The first-order valence-corrected chi connectivity index (χ1v) is 7.81. The Kier molecular flexibility index (Phi) is 5.15. The van der Waals surface area contributed by atoms with Crippen molar-refractivity contribution in [2.24, 2.45) is 0 Å². The molecule has 3 nitrogen and oxygen atoms in total. The summed E-state index contributed by atoms with van der Waals surface area (Å²) in [7, 11) is -1.16. The molecule has 0 spiro atoms. The summed E-state index contributed by atoms with van der Waals surface area (Å²) >= 11 is 0. The van der Waals surface area contributed by atoms with Crippen LogP contribution < -0.4 is 5.32 Å². The van der Waals surface area contributed by atoms with Crippen LogP contribution in [-0.4, -0.2) is 27.0 Å². The Balaban J connectivity index is 2.86. The summed E-state index contributed by atoms with van der Waals surface area (Å²) in [6.45, 7) is 3.79. The van der Waals surface area contributed by atoms with E-state index in [1.807, 2.05) is 12.1 Å². The van der Waals surface area contributed by atoms with Crippen LogP contribution in [0.3, 0.4) is 0 Å². The lowest BCUT2D eigenvalue weighted by Crippen LogP contribution is -2.26. The monoisotopic (exact) mass is 255 g/mol. The lowest BCUT2D eigenvalue weighted by atomic mass is 10.1. The van der Waals surface area contributed by atoms with Gasteiger partial charge in [-0.05, 0) is 24.6 Å². The van der Waals surface area contributed by atoms with Crippen molar-refractivity contribution >= 4 is 9.84 Å². The first-order valence-electron chi connectivity index (χ1n) is 5.99. The van der Waals surface area contributed by atoms with Crippen molar-refractivity contribution < 1.29 is 8.42 Å². The maximum atomic E-state index is 11.6. The molecule has 0 aliphatic heterocycles. The molecule has 1 atom stereocenters. The SMILES string of the molecule is CCc1ccc(C(CS(=O)(=O)CC)NC)cc1. The summed E-state index contributed by atoms with van der Waals surface area (Å²) in [5, 5.41) is 3.07. The molecule has 0 amide bonds. The minimum Gasteiger partial charge on any atom is -0.312 e. The van der Waals surface area contributed by atoms with Gasteiger partial charge in [0.2, 0.25) is 0 Å². The largest absolute Gasteiger partial charge is 0.312 e. The third-order valence-corrected chi connectivity index (χ3v) is 4.72. The highest BCUT2D eigenvalue weighted by Gasteiger charge is 2.17. The third kappa shape index (κ3) is 4.13. The molecule has 0 aliphatic carbocycles. The number of aryl methyl sites for hydroxylation is 1. The second-order valence-corrected chi connectivity index (χ2v) is 6.53. The summed E-state index contributed by atoms with van der Waals surface area (Å²) in [6.07, 6.45) is 0.998. The van der Waals surface area contributed by atoms with Gasteiger partial charge in [-0.15, -0.1) is 0 Å². The van der Waals surface area contributed by atoms with Gasteiger partial charge in [0.05, 0.1) is 5.75 Å². The fourth-order valence-electron chi connectivity index (χ4n) is 1.70. The number of nitrogens with one attached hydrogen (secondary N) is 1. The van der Waals surface area contributed by atoms with Gasteiger partial charge >= 0.3 is 0 Å². The van der Waals surface area contributed by atoms with E-state index in [0.29, 0.717) is 0 Å². The molecule has 96 valence electrons. The van der Waals surface area contributed by atoms with E-state index < -0.39 is 9.84 Å². The number of hydrogen-bond donors (Lipinski definition) is 1. The average Bonchev–Trinajstić information content (AvgIpc) is 2.36. The summed E-state index contributed by atoms with van der Waals surface area (Å²) < 4.78 is 23.3. The van der Waals surface area contributed by atoms with E-state index in [1.54, 1.807) is 14.0 Å². The van der Waals surface area contributed by atoms with Gasteiger partial charge in [0, 0.05) is 11.8 Å². The second kappa shape index (κ2) is 6.17. The molecule has 17 heavy (non-hydrogen) atoms. The van der Waals surface area contributed by atoms with Crippen molar-refractivity contribution in [3.8, 4) is 0 Å². The fourth-order valence-corrected chi connectivity index (χ4v) is 2.81. The molecule has 0 saturated carbocycles. The molecule has 0 bridgehead atoms. The normalized spacial score (nSPS) is 13.6. The summed E-state index contributed by atoms with van der Waals surface area (Å²) in [4.78, 5) is 0. The van der Waals surface area contributed by atoms with E-state index in [9.17, 15) is 8.42 Å². The Bertz CT molecular complexity index is 437. The van der Waals surface area contributed by atoms with Crippen molar-refractivity contribution in [1.29, 1.82) is 0 Å². The molecule has 0 heterocycles. The van der Waals surface area contributed by atoms with Gasteiger partial charge in [-0.3, -0.25) is 0 Å². The van der Waals surface area contributed by atoms with E-state index in [0.717, 1.165) is 12.0 Å². The number of benzene rings is 1. The van der Waals surface area contributed by atoms with Crippen molar-refractivity contribution in [3.63, 3.8) is 0 Å². The van der Waals surface area contributed by atoms with E-state index in [-0.39, 0.29) is 17.5 Å². The number of rotatable bonds is 6. The highest BCUT2D eigenvalue weighted by atomic mass is 32.2. The van der Waals surface area contributed by atoms with E-state index in [4.69, 9.17) is 0 Å². The third-order valence-electron chi connectivity index (χ3n) is 3.00. The lowest BCUT2D eigenvalue weighted by molar-refractivity contribution is 0.575.